The van der Waals surface area contributed by atoms with Gasteiger partial charge in [0.05, 0.1) is 19.3 Å². The van der Waals surface area contributed by atoms with Gasteiger partial charge in [0.15, 0.2) is 5.65 Å². The maximum Gasteiger partial charge on any atom is 0.262 e. The smallest absolute Gasteiger partial charge is 0.262 e. The van der Waals surface area contributed by atoms with Gasteiger partial charge in [0, 0.05) is 29.8 Å². The Morgan fingerprint density at radius 2 is 2.11 bits per heavy atom. The van der Waals surface area contributed by atoms with Crippen molar-refractivity contribution in [3.63, 3.8) is 0 Å². The number of hydrogen-bond donors (Lipinski definition) is 1. The van der Waals surface area contributed by atoms with Gasteiger partial charge in [-0.15, -0.1) is 0 Å². The first-order valence-corrected chi connectivity index (χ1v) is 9.41. The van der Waals surface area contributed by atoms with Crippen molar-refractivity contribution in [1.29, 1.82) is 0 Å². The van der Waals surface area contributed by atoms with Gasteiger partial charge in [0.25, 0.3) is 5.56 Å². The second-order valence-corrected chi connectivity index (χ2v) is 7.43. The number of rotatable bonds is 4. The summed E-state index contributed by atoms with van der Waals surface area (Å²) in [6.07, 6.45) is 1.92. The zero-order valence-electron chi connectivity index (χ0n) is 15.2. The van der Waals surface area contributed by atoms with E-state index in [1.54, 1.807) is 30.0 Å². The molecule has 0 spiro atoms. The van der Waals surface area contributed by atoms with E-state index >= 15 is 0 Å². The van der Waals surface area contributed by atoms with Crippen molar-refractivity contribution in [1.82, 2.24) is 19.7 Å². The topological polar surface area (TPSA) is 72.8 Å². The van der Waals surface area contributed by atoms with Crippen LogP contribution in [0.5, 0.6) is 5.75 Å². The highest BCUT2D eigenvalue weighted by atomic mass is 35.5. The third kappa shape index (κ3) is 3.48. The van der Waals surface area contributed by atoms with Gasteiger partial charge in [-0.1, -0.05) is 17.7 Å². The molecule has 9 heteroatoms. The Balaban J connectivity index is 1.71. The molecule has 0 saturated heterocycles. The predicted molar refractivity (Wildman–Crippen MR) is 101 cm³/mol. The van der Waals surface area contributed by atoms with E-state index in [4.69, 9.17) is 16.3 Å². The number of fused-ring (bicyclic) bond motifs is 1. The van der Waals surface area contributed by atoms with Crippen molar-refractivity contribution >= 4 is 22.6 Å². The molecule has 0 bridgehead atoms. The highest BCUT2D eigenvalue weighted by Crippen LogP contribution is 2.38. The zero-order valence-corrected chi connectivity index (χ0v) is 16.0. The molecule has 0 unspecified atom stereocenters. The van der Waals surface area contributed by atoms with E-state index in [1.165, 1.54) is 6.20 Å². The molecule has 0 radical (unpaired) electrons. The Hall–Kier alpha value is -2.48. The van der Waals surface area contributed by atoms with Crippen LogP contribution in [0.2, 0.25) is 5.02 Å². The maximum absolute atomic E-state index is 13.5. The van der Waals surface area contributed by atoms with E-state index in [-0.39, 0.29) is 30.9 Å². The van der Waals surface area contributed by atoms with Crippen molar-refractivity contribution in [2.45, 2.75) is 44.1 Å². The molecule has 1 aliphatic rings. The molecule has 4 rings (SSSR count). The molecule has 2 heterocycles. The molecule has 0 amide bonds. The number of halogens is 3. The number of nitrogens with zero attached hydrogens (tertiary/aromatic N) is 3. The first-order chi connectivity index (χ1) is 13.4. The SMILES string of the molecule is COc1cccc(Cl)c1Cc1nc2c(cnn2C2CCC(F)(F)CC2)c(=O)[nH]1. The third-order valence-corrected chi connectivity index (χ3v) is 5.54. The van der Waals surface area contributed by atoms with Crippen LogP contribution in [0, 0.1) is 0 Å². The van der Waals surface area contributed by atoms with Gasteiger partial charge in [0.2, 0.25) is 5.92 Å². The van der Waals surface area contributed by atoms with Crippen LogP contribution in [0.4, 0.5) is 8.78 Å². The van der Waals surface area contributed by atoms with Gasteiger partial charge in [-0.05, 0) is 25.0 Å². The van der Waals surface area contributed by atoms with Crippen molar-refractivity contribution in [2.75, 3.05) is 7.11 Å². The van der Waals surface area contributed by atoms with Crippen LogP contribution < -0.4 is 10.3 Å². The molecule has 0 aliphatic heterocycles. The molecule has 3 aromatic rings. The van der Waals surface area contributed by atoms with E-state index in [0.29, 0.717) is 46.0 Å². The number of aromatic nitrogens is 4. The summed E-state index contributed by atoms with van der Waals surface area (Å²) in [5, 5.41) is 5.11. The van der Waals surface area contributed by atoms with E-state index in [9.17, 15) is 13.6 Å². The van der Waals surface area contributed by atoms with Crippen molar-refractivity contribution in [3.05, 3.63) is 51.2 Å². The molecular weight excluding hydrogens is 390 g/mol. The van der Waals surface area contributed by atoms with Gasteiger partial charge in [-0.25, -0.2) is 18.4 Å². The fourth-order valence-corrected chi connectivity index (χ4v) is 3.90. The second-order valence-electron chi connectivity index (χ2n) is 7.02. The Labute approximate surface area is 164 Å². The molecule has 148 valence electrons. The quantitative estimate of drug-likeness (QED) is 0.704. The number of aromatic amines is 1. The summed E-state index contributed by atoms with van der Waals surface area (Å²) in [6, 6.07) is 5.10. The number of methoxy groups -OCH3 is 1. The summed E-state index contributed by atoms with van der Waals surface area (Å²) in [5.74, 6) is -1.62. The lowest BCUT2D eigenvalue weighted by atomic mass is 9.92. The van der Waals surface area contributed by atoms with E-state index in [2.05, 4.69) is 15.1 Å². The Morgan fingerprint density at radius 1 is 1.36 bits per heavy atom. The van der Waals surface area contributed by atoms with Gasteiger partial charge in [-0.3, -0.25) is 4.79 Å². The van der Waals surface area contributed by atoms with Gasteiger partial charge in [0.1, 0.15) is 17.0 Å². The lowest BCUT2D eigenvalue weighted by molar-refractivity contribution is -0.0446. The molecule has 1 fully saturated rings. The van der Waals surface area contributed by atoms with Crippen LogP contribution >= 0.6 is 11.6 Å². The number of H-pyrrole nitrogens is 1. The Bertz CT molecular complexity index is 1070. The van der Waals surface area contributed by atoms with Gasteiger partial charge in [-0.2, -0.15) is 5.10 Å². The fraction of sp³-hybridized carbons (Fsp3) is 0.421. The molecule has 6 nitrogen and oxygen atoms in total. The first-order valence-electron chi connectivity index (χ1n) is 9.03. The lowest BCUT2D eigenvalue weighted by Crippen LogP contribution is -2.27. The van der Waals surface area contributed by atoms with Crippen LogP contribution in [0.3, 0.4) is 0 Å². The summed E-state index contributed by atoms with van der Waals surface area (Å²) in [6.45, 7) is 0. The van der Waals surface area contributed by atoms with E-state index in [1.807, 2.05) is 0 Å². The van der Waals surface area contributed by atoms with E-state index in [0.717, 1.165) is 0 Å². The zero-order chi connectivity index (χ0) is 19.9. The Morgan fingerprint density at radius 3 is 2.82 bits per heavy atom. The molecule has 2 aromatic heterocycles. The maximum atomic E-state index is 13.5. The second kappa shape index (κ2) is 7.16. The minimum atomic E-state index is -2.63. The minimum Gasteiger partial charge on any atom is -0.496 e. The lowest BCUT2D eigenvalue weighted by Gasteiger charge is -2.28. The first kappa shape index (κ1) is 18.9. The standard InChI is InChI=1S/C19H19ClF2N4O2/c1-28-15-4-2-3-14(20)12(15)9-16-24-17-13(18(27)25-16)10-23-26(17)11-5-7-19(21,22)8-6-11/h2-4,10-11H,5-9H2,1H3,(H,24,25,27). The Kier molecular flexibility index (Phi) is 4.82. The minimum absolute atomic E-state index is 0.189. The summed E-state index contributed by atoms with van der Waals surface area (Å²) >= 11 is 6.29. The predicted octanol–water partition coefficient (Wildman–Crippen LogP) is 4.12. The van der Waals surface area contributed by atoms with Crippen LogP contribution in [-0.4, -0.2) is 32.8 Å². The summed E-state index contributed by atoms with van der Waals surface area (Å²) in [7, 11) is 1.54. The molecule has 1 aliphatic carbocycles. The number of alkyl halides is 2. The van der Waals surface area contributed by atoms with Gasteiger partial charge < -0.3 is 9.72 Å². The van der Waals surface area contributed by atoms with E-state index < -0.39 is 5.92 Å². The molecule has 0 atom stereocenters. The third-order valence-electron chi connectivity index (χ3n) is 5.18. The van der Waals surface area contributed by atoms with Crippen molar-refractivity contribution in [2.24, 2.45) is 0 Å². The van der Waals surface area contributed by atoms with Crippen LogP contribution in [-0.2, 0) is 6.42 Å². The summed E-state index contributed by atoms with van der Waals surface area (Å²) in [4.78, 5) is 19.8. The highest BCUT2D eigenvalue weighted by molar-refractivity contribution is 6.31. The largest absolute Gasteiger partial charge is 0.496 e. The monoisotopic (exact) mass is 408 g/mol. The molecule has 1 saturated carbocycles. The highest BCUT2D eigenvalue weighted by Gasteiger charge is 2.36. The average Bonchev–Trinajstić information content (AvgIpc) is 3.08. The average molecular weight is 409 g/mol. The molecule has 28 heavy (non-hydrogen) atoms. The number of ether oxygens (including phenoxy) is 1. The number of hydrogen-bond acceptors (Lipinski definition) is 4. The van der Waals surface area contributed by atoms with Crippen molar-refractivity contribution in [3.8, 4) is 5.75 Å². The van der Waals surface area contributed by atoms with Crippen LogP contribution in [0.1, 0.15) is 43.1 Å². The molecular formula is C19H19ClF2N4O2. The number of nitrogens with one attached hydrogen (secondary N) is 1. The summed E-state index contributed by atoms with van der Waals surface area (Å²) < 4.78 is 33.9. The van der Waals surface area contributed by atoms with Crippen LogP contribution in [0.15, 0.2) is 29.2 Å². The van der Waals surface area contributed by atoms with Crippen LogP contribution in [0.25, 0.3) is 11.0 Å². The fourth-order valence-electron chi connectivity index (χ4n) is 3.67. The van der Waals surface area contributed by atoms with Gasteiger partial charge >= 0.3 is 0 Å². The van der Waals surface area contributed by atoms with Crippen molar-refractivity contribution < 1.29 is 13.5 Å². The number of benzene rings is 1. The summed E-state index contributed by atoms with van der Waals surface area (Å²) in [5.41, 5.74) is 0.788. The molecule has 1 N–H and O–H groups in total. The normalized spacial score (nSPS) is 17.1. The molecule has 1 aromatic carbocycles.